The first-order valence-electron chi connectivity index (χ1n) is 7.10. The number of H-pyrrole nitrogens is 1. The van der Waals surface area contributed by atoms with Gasteiger partial charge in [0, 0.05) is 17.7 Å². The molecular formula is C17H19N3. The molecule has 0 unspecified atom stereocenters. The summed E-state index contributed by atoms with van der Waals surface area (Å²) in [5.74, 6) is 0. The zero-order valence-corrected chi connectivity index (χ0v) is 11.7. The molecule has 3 rings (SSSR count). The Hall–Kier alpha value is -2.13. The molecule has 102 valence electrons. The normalized spacial score (nSPS) is 11.1. The van der Waals surface area contributed by atoms with Crippen molar-refractivity contribution < 1.29 is 0 Å². The van der Waals surface area contributed by atoms with Crippen LogP contribution in [0, 0.1) is 0 Å². The van der Waals surface area contributed by atoms with Crippen molar-refractivity contribution in [3.05, 3.63) is 54.2 Å². The zero-order chi connectivity index (χ0) is 13.8. The van der Waals surface area contributed by atoms with Crippen LogP contribution in [0.3, 0.4) is 0 Å². The van der Waals surface area contributed by atoms with Gasteiger partial charge in [0.1, 0.15) is 0 Å². The number of nitrogens with zero attached hydrogens (tertiary/aromatic N) is 1. The van der Waals surface area contributed by atoms with Gasteiger partial charge in [0.05, 0.1) is 11.9 Å². The second-order valence-electron chi connectivity index (χ2n) is 5.01. The SMILES string of the molecule is CCCNCc1cn[nH]c1-c1ccc2ccccc2c1. The molecule has 0 saturated heterocycles. The third-order valence-corrected chi connectivity index (χ3v) is 3.50. The van der Waals surface area contributed by atoms with Gasteiger partial charge in [0.25, 0.3) is 0 Å². The van der Waals surface area contributed by atoms with E-state index in [0.29, 0.717) is 0 Å². The van der Waals surface area contributed by atoms with Gasteiger partial charge in [-0.25, -0.2) is 0 Å². The van der Waals surface area contributed by atoms with Crippen molar-refractivity contribution in [2.75, 3.05) is 6.54 Å². The Morgan fingerprint density at radius 3 is 2.80 bits per heavy atom. The summed E-state index contributed by atoms with van der Waals surface area (Å²) in [6.45, 7) is 4.06. The van der Waals surface area contributed by atoms with E-state index in [2.05, 4.69) is 64.9 Å². The van der Waals surface area contributed by atoms with E-state index in [4.69, 9.17) is 0 Å². The Balaban J connectivity index is 1.92. The Bertz CT molecular complexity index is 700. The van der Waals surface area contributed by atoms with E-state index in [1.165, 1.54) is 21.9 Å². The monoisotopic (exact) mass is 265 g/mol. The molecular weight excluding hydrogens is 246 g/mol. The van der Waals surface area contributed by atoms with Crippen molar-refractivity contribution in [2.45, 2.75) is 19.9 Å². The van der Waals surface area contributed by atoms with Crippen LogP contribution in [0.5, 0.6) is 0 Å². The van der Waals surface area contributed by atoms with Gasteiger partial charge < -0.3 is 5.32 Å². The number of hydrogen-bond donors (Lipinski definition) is 2. The Kier molecular flexibility index (Phi) is 3.79. The van der Waals surface area contributed by atoms with E-state index in [-0.39, 0.29) is 0 Å². The van der Waals surface area contributed by atoms with Gasteiger partial charge in [-0.05, 0) is 29.8 Å². The molecule has 3 aromatic rings. The minimum atomic E-state index is 0.854. The first-order valence-corrected chi connectivity index (χ1v) is 7.10. The highest BCUT2D eigenvalue weighted by molar-refractivity contribution is 5.87. The van der Waals surface area contributed by atoms with Gasteiger partial charge in [0.2, 0.25) is 0 Å². The molecule has 1 aromatic heterocycles. The van der Waals surface area contributed by atoms with Gasteiger partial charge >= 0.3 is 0 Å². The van der Waals surface area contributed by atoms with Gasteiger partial charge in [-0.15, -0.1) is 0 Å². The highest BCUT2D eigenvalue weighted by atomic mass is 15.1. The number of fused-ring (bicyclic) bond motifs is 1. The van der Waals surface area contributed by atoms with Gasteiger partial charge in [-0.2, -0.15) is 5.10 Å². The minimum absolute atomic E-state index is 0.854. The average molecular weight is 265 g/mol. The molecule has 2 aromatic carbocycles. The molecule has 0 fully saturated rings. The summed E-state index contributed by atoms with van der Waals surface area (Å²) in [4.78, 5) is 0. The molecule has 0 saturated carbocycles. The fourth-order valence-corrected chi connectivity index (χ4v) is 2.44. The van der Waals surface area contributed by atoms with E-state index in [0.717, 1.165) is 25.2 Å². The fraction of sp³-hybridized carbons (Fsp3) is 0.235. The maximum absolute atomic E-state index is 4.19. The predicted molar refractivity (Wildman–Crippen MR) is 83.5 cm³/mol. The maximum Gasteiger partial charge on any atom is 0.0695 e. The first-order chi connectivity index (χ1) is 9.88. The molecule has 0 amide bonds. The highest BCUT2D eigenvalue weighted by Crippen LogP contribution is 2.25. The van der Waals surface area contributed by atoms with Crippen LogP contribution in [-0.4, -0.2) is 16.7 Å². The smallest absolute Gasteiger partial charge is 0.0695 e. The van der Waals surface area contributed by atoms with E-state index < -0.39 is 0 Å². The fourth-order valence-electron chi connectivity index (χ4n) is 2.44. The third-order valence-electron chi connectivity index (χ3n) is 3.50. The number of rotatable bonds is 5. The lowest BCUT2D eigenvalue weighted by Gasteiger charge is -2.06. The Morgan fingerprint density at radius 1 is 1.10 bits per heavy atom. The van der Waals surface area contributed by atoms with Crippen molar-refractivity contribution in [3.8, 4) is 11.3 Å². The van der Waals surface area contributed by atoms with Gasteiger partial charge in [-0.3, -0.25) is 5.10 Å². The van der Waals surface area contributed by atoms with Crippen LogP contribution in [0.2, 0.25) is 0 Å². The van der Waals surface area contributed by atoms with E-state index >= 15 is 0 Å². The molecule has 0 aliphatic heterocycles. The number of nitrogens with one attached hydrogen (secondary N) is 2. The molecule has 1 heterocycles. The molecule has 0 aliphatic carbocycles. The largest absolute Gasteiger partial charge is 0.313 e. The zero-order valence-electron chi connectivity index (χ0n) is 11.7. The van der Waals surface area contributed by atoms with Crippen molar-refractivity contribution in [1.82, 2.24) is 15.5 Å². The molecule has 0 atom stereocenters. The number of benzene rings is 2. The average Bonchev–Trinajstić information content (AvgIpc) is 2.95. The van der Waals surface area contributed by atoms with Crippen LogP contribution in [0.15, 0.2) is 48.7 Å². The summed E-state index contributed by atoms with van der Waals surface area (Å²) in [7, 11) is 0. The van der Waals surface area contributed by atoms with Crippen LogP contribution in [0.25, 0.3) is 22.0 Å². The summed E-state index contributed by atoms with van der Waals surface area (Å²) >= 11 is 0. The quantitative estimate of drug-likeness (QED) is 0.690. The van der Waals surface area contributed by atoms with Crippen LogP contribution < -0.4 is 5.32 Å². The number of hydrogen-bond acceptors (Lipinski definition) is 2. The van der Waals surface area contributed by atoms with Crippen molar-refractivity contribution in [3.63, 3.8) is 0 Å². The number of aromatic amines is 1. The van der Waals surface area contributed by atoms with Gasteiger partial charge in [0.15, 0.2) is 0 Å². The van der Waals surface area contributed by atoms with Crippen LogP contribution in [0.4, 0.5) is 0 Å². The Morgan fingerprint density at radius 2 is 1.95 bits per heavy atom. The molecule has 0 spiro atoms. The van der Waals surface area contributed by atoms with Gasteiger partial charge in [-0.1, -0.05) is 43.3 Å². The maximum atomic E-state index is 4.19. The summed E-state index contributed by atoms with van der Waals surface area (Å²) in [6, 6.07) is 14.9. The minimum Gasteiger partial charge on any atom is -0.313 e. The van der Waals surface area contributed by atoms with Crippen molar-refractivity contribution in [2.24, 2.45) is 0 Å². The van der Waals surface area contributed by atoms with Crippen LogP contribution in [0.1, 0.15) is 18.9 Å². The van der Waals surface area contributed by atoms with Crippen molar-refractivity contribution >= 4 is 10.8 Å². The van der Waals surface area contributed by atoms with Crippen molar-refractivity contribution in [1.29, 1.82) is 0 Å². The first kappa shape index (κ1) is 12.9. The van der Waals surface area contributed by atoms with E-state index in [1.807, 2.05) is 6.20 Å². The summed E-state index contributed by atoms with van der Waals surface area (Å²) < 4.78 is 0. The summed E-state index contributed by atoms with van der Waals surface area (Å²) in [5.41, 5.74) is 3.52. The highest BCUT2D eigenvalue weighted by Gasteiger charge is 2.07. The summed E-state index contributed by atoms with van der Waals surface area (Å²) in [5, 5.41) is 13.3. The standard InChI is InChI=1S/C17H19N3/c1-2-9-18-11-16-12-19-20-17(16)15-8-7-13-5-3-4-6-14(13)10-15/h3-8,10,12,18H,2,9,11H2,1H3,(H,19,20). The lowest BCUT2D eigenvalue weighted by atomic mass is 10.0. The molecule has 0 aliphatic rings. The molecule has 0 bridgehead atoms. The Labute approximate surface area is 119 Å². The predicted octanol–water partition coefficient (Wildman–Crippen LogP) is 3.73. The topological polar surface area (TPSA) is 40.7 Å². The second-order valence-corrected chi connectivity index (χ2v) is 5.01. The summed E-state index contributed by atoms with van der Waals surface area (Å²) in [6.07, 6.45) is 3.05. The second kappa shape index (κ2) is 5.88. The lowest BCUT2D eigenvalue weighted by molar-refractivity contribution is 0.676. The van der Waals surface area contributed by atoms with E-state index in [9.17, 15) is 0 Å². The lowest BCUT2D eigenvalue weighted by Crippen LogP contribution is -2.13. The molecule has 20 heavy (non-hydrogen) atoms. The molecule has 2 N–H and O–H groups in total. The van der Waals surface area contributed by atoms with Crippen LogP contribution >= 0.6 is 0 Å². The molecule has 3 heteroatoms. The number of aromatic nitrogens is 2. The molecule has 0 radical (unpaired) electrons. The molecule has 3 nitrogen and oxygen atoms in total. The third kappa shape index (κ3) is 2.58. The van der Waals surface area contributed by atoms with Crippen LogP contribution in [-0.2, 0) is 6.54 Å². The van der Waals surface area contributed by atoms with E-state index in [1.54, 1.807) is 0 Å².